The Morgan fingerprint density at radius 3 is 2.77 bits per heavy atom. The fraction of sp³-hybridized carbons (Fsp3) is 0.133. The molecule has 2 aromatic rings. The fourth-order valence-electron chi connectivity index (χ4n) is 1.99. The molecule has 7 heteroatoms. The van der Waals surface area contributed by atoms with Crippen molar-refractivity contribution in [2.45, 2.75) is 0 Å². The van der Waals surface area contributed by atoms with Crippen molar-refractivity contribution < 1.29 is 9.53 Å². The van der Waals surface area contributed by atoms with Crippen molar-refractivity contribution in [2.24, 2.45) is 8.73 Å². The van der Waals surface area contributed by atoms with Gasteiger partial charge in [-0.3, -0.25) is 4.79 Å². The van der Waals surface area contributed by atoms with Crippen LogP contribution in [-0.4, -0.2) is 19.6 Å². The third-order valence-corrected chi connectivity index (χ3v) is 3.65. The smallest absolute Gasteiger partial charge is 0.243 e. The molecule has 0 aromatic heterocycles. The second-order valence-corrected chi connectivity index (χ2v) is 5.10. The predicted molar refractivity (Wildman–Crippen MR) is 88.1 cm³/mol. The van der Waals surface area contributed by atoms with Crippen LogP contribution < -0.4 is 15.4 Å². The van der Waals surface area contributed by atoms with Gasteiger partial charge in [-0.05, 0) is 36.4 Å². The van der Waals surface area contributed by atoms with Crippen LogP contribution in [0.2, 0.25) is 0 Å². The highest BCUT2D eigenvalue weighted by Crippen LogP contribution is 2.38. The molecule has 0 fully saturated rings. The van der Waals surface area contributed by atoms with Gasteiger partial charge in [0.2, 0.25) is 5.91 Å². The average Bonchev–Trinajstić information content (AvgIpc) is 3.03. The van der Waals surface area contributed by atoms with E-state index in [-0.39, 0.29) is 12.5 Å². The third kappa shape index (κ3) is 3.15. The molecule has 0 radical (unpaired) electrons. The number of benzene rings is 2. The van der Waals surface area contributed by atoms with Gasteiger partial charge in [-0.2, -0.15) is 8.73 Å². The zero-order valence-corrected chi connectivity index (χ0v) is 12.7. The van der Waals surface area contributed by atoms with Gasteiger partial charge in [0.1, 0.15) is 17.1 Å². The van der Waals surface area contributed by atoms with Gasteiger partial charge in [0.05, 0.1) is 30.7 Å². The van der Waals surface area contributed by atoms with E-state index in [4.69, 9.17) is 4.74 Å². The van der Waals surface area contributed by atoms with E-state index in [0.29, 0.717) is 11.4 Å². The Hall–Kier alpha value is -2.67. The lowest BCUT2D eigenvalue weighted by Gasteiger charge is -2.09. The van der Waals surface area contributed by atoms with Crippen molar-refractivity contribution in [3.05, 3.63) is 42.5 Å². The van der Waals surface area contributed by atoms with Crippen molar-refractivity contribution in [3.63, 3.8) is 0 Å². The SMILES string of the molecule is COc1ccc(NCC(=O)Nc2cccc3c2N=S=N3)cc1. The van der Waals surface area contributed by atoms with E-state index in [2.05, 4.69) is 19.4 Å². The minimum atomic E-state index is -0.142. The minimum absolute atomic E-state index is 0.142. The molecule has 2 N–H and O–H groups in total. The number of hydrogen-bond donors (Lipinski definition) is 2. The maximum atomic E-state index is 12.0. The molecule has 0 spiro atoms. The summed E-state index contributed by atoms with van der Waals surface area (Å²) < 4.78 is 13.4. The van der Waals surface area contributed by atoms with Gasteiger partial charge in [0.25, 0.3) is 0 Å². The monoisotopic (exact) mass is 314 g/mol. The van der Waals surface area contributed by atoms with Crippen LogP contribution in [0.4, 0.5) is 22.7 Å². The minimum Gasteiger partial charge on any atom is -0.497 e. The molecule has 1 heterocycles. The van der Waals surface area contributed by atoms with Gasteiger partial charge in [0, 0.05) is 5.69 Å². The summed E-state index contributed by atoms with van der Waals surface area (Å²) in [6.07, 6.45) is 0. The molecular weight excluding hydrogens is 300 g/mol. The van der Waals surface area contributed by atoms with Crippen LogP contribution in [-0.2, 0) is 16.1 Å². The first-order valence-corrected chi connectivity index (χ1v) is 7.38. The third-order valence-electron chi connectivity index (χ3n) is 3.10. The first kappa shape index (κ1) is 14.3. The van der Waals surface area contributed by atoms with Gasteiger partial charge < -0.3 is 15.4 Å². The van der Waals surface area contributed by atoms with Crippen molar-refractivity contribution >= 4 is 40.0 Å². The summed E-state index contributed by atoms with van der Waals surface area (Å²) in [5.41, 5.74) is 3.02. The summed E-state index contributed by atoms with van der Waals surface area (Å²) in [5, 5.41) is 5.90. The summed E-state index contributed by atoms with van der Waals surface area (Å²) in [6.45, 7) is 0.167. The fourth-order valence-corrected chi connectivity index (χ4v) is 2.54. The van der Waals surface area contributed by atoms with Crippen LogP contribution in [0.1, 0.15) is 0 Å². The number of rotatable bonds is 5. The van der Waals surface area contributed by atoms with E-state index in [1.807, 2.05) is 42.5 Å². The Labute approximate surface area is 131 Å². The van der Waals surface area contributed by atoms with Crippen LogP contribution in [0.5, 0.6) is 5.75 Å². The van der Waals surface area contributed by atoms with E-state index < -0.39 is 0 Å². The van der Waals surface area contributed by atoms with Crippen LogP contribution >= 0.6 is 0 Å². The number of ether oxygens (including phenoxy) is 1. The van der Waals surface area contributed by atoms with Crippen molar-refractivity contribution in [1.29, 1.82) is 0 Å². The van der Waals surface area contributed by atoms with E-state index in [0.717, 1.165) is 28.5 Å². The number of carbonyl (C=O) groups is 1. The zero-order valence-electron chi connectivity index (χ0n) is 11.9. The number of carbonyl (C=O) groups excluding carboxylic acids is 1. The second kappa shape index (κ2) is 6.40. The van der Waals surface area contributed by atoms with Crippen molar-refractivity contribution in [2.75, 3.05) is 24.3 Å². The van der Waals surface area contributed by atoms with E-state index in [1.54, 1.807) is 7.11 Å². The molecule has 6 nitrogen and oxygen atoms in total. The molecule has 0 bridgehead atoms. The number of fused-ring (bicyclic) bond motifs is 1. The molecule has 1 amide bonds. The van der Waals surface area contributed by atoms with Crippen LogP contribution in [0.15, 0.2) is 51.2 Å². The Morgan fingerprint density at radius 1 is 1.18 bits per heavy atom. The summed E-state index contributed by atoms with van der Waals surface area (Å²) in [5.74, 6) is 0.633. The highest BCUT2D eigenvalue weighted by atomic mass is 32.1. The number of nitrogens with one attached hydrogen (secondary N) is 2. The lowest BCUT2D eigenvalue weighted by Crippen LogP contribution is -2.21. The Bertz CT molecular complexity index is 768. The Kier molecular flexibility index (Phi) is 4.15. The second-order valence-electron chi connectivity index (χ2n) is 4.57. The number of nitrogens with zero attached hydrogens (tertiary/aromatic N) is 2. The van der Waals surface area contributed by atoms with Crippen LogP contribution in [0, 0.1) is 0 Å². The van der Waals surface area contributed by atoms with Gasteiger partial charge in [-0.25, -0.2) is 0 Å². The molecule has 2 aromatic carbocycles. The van der Waals surface area contributed by atoms with Gasteiger partial charge >= 0.3 is 0 Å². The molecule has 0 unspecified atom stereocenters. The zero-order chi connectivity index (χ0) is 15.4. The van der Waals surface area contributed by atoms with Gasteiger partial charge in [-0.1, -0.05) is 6.07 Å². The van der Waals surface area contributed by atoms with Gasteiger partial charge in [0.15, 0.2) is 0 Å². The maximum absolute atomic E-state index is 12.0. The van der Waals surface area contributed by atoms with E-state index >= 15 is 0 Å². The lowest BCUT2D eigenvalue weighted by molar-refractivity contribution is -0.114. The molecule has 22 heavy (non-hydrogen) atoms. The summed E-state index contributed by atoms with van der Waals surface area (Å²) in [7, 11) is 1.61. The molecule has 0 aliphatic carbocycles. The van der Waals surface area contributed by atoms with Gasteiger partial charge in [-0.15, -0.1) is 0 Å². The van der Waals surface area contributed by atoms with E-state index in [9.17, 15) is 4.79 Å². The topological polar surface area (TPSA) is 75.1 Å². The normalized spacial score (nSPS) is 11.5. The summed E-state index contributed by atoms with van der Waals surface area (Å²) >= 11 is 1.13. The molecule has 1 aliphatic rings. The number of amides is 1. The Morgan fingerprint density at radius 2 is 2.00 bits per heavy atom. The van der Waals surface area contributed by atoms with E-state index in [1.165, 1.54) is 0 Å². The quantitative estimate of drug-likeness (QED) is 0.757. The average molecular weight is 314 g/mol. The molecule has 0 saturated heterocycles. The maximum Gasteiger partial charge on any atom is 0.243 e. The lowest BCUT2D eigenvalue weighted by atomic mass is 10.2. The standard InChI is InChI=1S/C15H14N4O2S/c1-21-11-7-5-10(6-8-11)16-9-14(20)17-12-3-2-4-13-15(12)19-22-18-13/h2-8,16H,9H2,1H3,(H,17,20). The molecule has 1 aliphatic heterocycles. The highest BCUT2D eigenvalue weighted by Gasteiger charge is 2.12. The van der Waals surface area contributed by atoms with Crippen molar-refractivity contribution in [3.8, 4) is 5.75 Å². The molecular formula is C15H14N4O2S. The molecule has 0 atom stereocenters. The Balaban J connectivity index is 1.59. The number of anilines is 2. The molecule has 112 valence electrons. The first-order valence-electron chi connectivity index (χ1n) is 6.65. The summed E-state index contributed by atoms with van der Waals surface area (Å²) in [4.78, 5) is 12.0. The number of methoxy groups -OCH3 is 1. The summed E-state index contributed by atoms with van der Waals surface area (Å²) in [6, 6.07) is 12.9. The predicted octanol–water partition coefficient (Wildman–Crippen LogP) is 3.47. The highest BCUT2D eigenvalue weighted by molar-refractivity contribution is 7.58. The molecule has 3 rings (SSSR count). The molecule has 0 saturated carbocycles. The van der Waals surface area contributed by atoms with Crippen molar-refractivity contribution in [1.82, 2.24) is 0 Å². The largest absolute Gasteiger partial charge is 0.497 e. The first-order chi connectivity index (χ1) is 10.8. The van der Waals surface area contributed by atoms with Crippen LogP contribution in [0.3, 0.4) is 0 Å². The number of hydrogen-bond acceptors (Lipinski definition) is 5. The van der Waals surface area contributed by atoms with Crippen LogP contribution in [0.25, 0.3) is 0 Å².